The van der Waals surface area contributed by atoms with Crippen LogP contribution in [-0.2, 0) is 9.59 Å². The molecule has 0 saturated heterocycles. The second-order valence-electron chi connectivity index (χ2n) is 3.52. The quantitative estimate of drug-likeness (QED) is 0.482. The average molecular weight is 234 g/mol. The maximum Gasteiger partial charge on any atom is 0.414 e. The van der Waals surface area contributed by atoms with Crippen LogP contribution in [0.15, 0.2) is 0 Å². The first-order chi connectivity index (χ1) is 7.45. The van der Waals surface area contributed by atoms with Crippen molar-refractivity contribution in [3.8, 4) is 0 Å². The summed E-state index contributed by atoms with van der Waals surface area (Å²) in [5.74, 6) is -3.65. The molecule has 0 aromatic carbocycles. The fourth-order valence-corrected chi connectivity index (χ4v) is 1.01. The molecular weight excluding hydrogens is 212 g/mol. The van der Waals surface area contributed by atoms with Crippen LogP contribution in [0, 0.1) is 0 Å². The van der Waals surface area contributed by atoms with Gasteiger partial charge in [-0.2, -0.15) is 0 Å². The van der Waals surface area contributed by atoms with E-state index in [1.54, 1.807) is 0 Å². The van der Waals surface area contributed by atoms with Crippen molar-refractivity contribution in [1.29, 1.82) is 0 Å². The molecule has 3 N–H and O–H groups in total. The zero-order chi connectivity index (χ0) is 13.0. The van der Waals surface area contributed by atoms with Crippen molar-refractivity contribution in [2.75, 3.05) is 0 Å². The minimum atomic E-state index is -1.82. The smallest absolute Gasteiger partial charge is 0.414 e. The Labute approximate surface area is 96.1 Å². The van der Waals surface area contributed by atoms with E-state index < -0.39 is 11.9 Å². The number of carboxylic acid groups (broad SMARTS) is 2. The summed E-state index contributed by atoms with van der Waals surface area (Å²) in [5, 5.41) is 23.9. The molecule has 0 fully saturated rings. The van der Waals surface area contributed by atoms with Crippen LogP contribution in [-0.4, -0.2) is 33.4 Å². The van der Waals surface area contributed by atoms with Gasteiger partial charge < -0.3 is 15.3 Å². The molecule has 0 aromatic rings. The number of hydrogen-bond donors (Lipinski definition) is 3. The first-order valence-corrected chi connectivity index (χ1v) is 5.59. The largest absolute Gasteiger partial charge is 0.473 e. The number of aliphatic carboxylic acids is 2. The Morgan fingerprint density at radius 2 is 1.50 bits per heavy atom. The first-order valence-electron chi connectivity index (χ1n) is 5.59. The molecule has 5 nitrogen and oxygen atoms in total. The highest BCUT2D eigenvalue weighted by molar-refractivity contribution is 6.27. The molecule has 1 atom stereocenters. The van der Waals surface area contributed by atoms with E-state index in [2.05, 4.69) is 6.92 Å². The molecular formula is C11H22O5. The zero-order valence-corrected chi connectivity index (χ0v) is 9.98. The molecule has 0 aliphatic carbocycles. The summed E-state index contributed by atoms with van der Waals surface area (Å²) in [6.07, 6.45) is 6.94. The molecule has 0 spiro atoms. The first kappa shape index (κ1) is 17.3. The van der Waals surface area contributed by atoms with Gasteiger partial charge in [0.05, 0.1) is 6.10 Å². The van der Waals surface area contributed by atoms with E-state index in [0.717, 1.165) is 12.8 Å². The molecule has 0 rings (SSSR count). The van der Waals surface area contributed by atoms with Crippen molar-refractivity contribution in [3.63, 3.8) is 0 Å². The Kier molecular flexibility index (Phi) is 12.9. The van der Waals surface area contributed by atoms with E-state index in [4.69, 9.17) is 24.9 Å². The van der Waals surface area contributed by atoms with Crippen molar-refractivity contribution < 1.29 is 24.9 Å². The number of aliphatic hydroxyl groups excluding tert-OH is 1. The lowest BCUT2D eigenvalue weighted by Gasteiger charge is -2.05. The van der Waals surface area contributed by atoms with Crippen LogP contribution < -0.4 is 0 Å². The Hall–Kier alpha value is -1.10. The molecule has 1 unspecified atom stereocenters. The minimum Gasteiger partial charge on any atom is -0.473 e. The van der Waals surface area contributed by atoms with Gasteiger partial charge in [0, 0.05) is 0 Å². The standard InChI is InChI=1S/C9H20O.C2H2O4/c1-3-5-6-7-8-9(10)4-2;3-1(4)2(5)6/h9-10H,3-8H2,1-2H3;(H,3,4)(H,5,6). The second kappa shape index (κ2) is 12.0. The van der Waals surface area contributed by atoms with Gasteiger partial charge in [-0.25, -0.2) is 9.59 Å². The number of carbonyl (C=O) groups is 2. The van der Waals surface area contributed by atoms with E-state index in [0.29, 0.717) is 0 Å². The second-order valence-corrected chi connectivity index (χ2v) is 3.52. The Balaban J connectivity index is 0. The summed E-state index contributed by atoms with van der Waals surface area (Å²) in [4.78, 5) is 18.2. The summed E-state index contributed by atoms with van der Waals surface area (Å²) in [7, 11) is 0. The van der Waals surface area contributed by atoms with Crippen LogP contribution in [0.4, 0.5) is 0 Å². The summed E-state index contributed by atoms with van der Waals surface area (Å²) >= 11 is 0. The molecule has 0 amide bonds. The molecule has 96 valence electrons. The Bertz CT molecular complexity index is 179. The topological polar surface area (TPSA) is 94.8 Å². The van der Waals surface area contributed by atoms with Gasteiger partial charge >= 0.3 is 11.9 Å². The summed E-state index contributed by atoms with van der Waals surface area (Å²) in [5.41, 5.74) is 0. The van der Waals surface area contributed by atoms with Crippen LogP contribution in [0.2, 0.25) is 0 Å². The highest BCUT2D eigenvalue weighted by atomic mass is 16.4. The molecule has 0 aliphatic rings. The number of hydrogen-bond acceptors (Lipinski definition) is 3. The minimum absolute atomic E-state index is 0.0446. The number of aliphatic hydroxyl groups is 1. The maximum atomic E-state index is 9.16. The van der Waals surface area contributed by atoms with E-state index in [1.165, 1.54) is 25.7 Å². The average Bonchev–Trinajstić information content (AvgIpc) is 2.24. The molecule has 0 saturated carbocycles. The normalized spacial score (nSPS) is 11.2. The monoisotopic (exact) mass is 234 g/mol. The van der Waals surface area contributed by atoms with Gasteiger partial charge in [0.25, 0.3) is 0 Å². The molecule has 0 aliphatic heterocycles. The van der Waals surface area contributed by atoms with Crippen LogP contribution in [0.1, 0.15) is 52.4 Å². The van der Waals surface area contributed by atoms with Gasteiger partial charge in [-0.15, -0.1) is 0 Å². The van der Waals surface area contributed by atoms with Gasteiger partial charge in [-0.05, 0) is 12.8 Å². The predicted molar refractivity (Wildman–Crippen MR) is 60.3 cm³/mol. The molecule has 0 aromatic heterocycles. The highest BCUT2D eigenvalue weighted by Crippen LogP contribution is 2.06. The summed E-state index contributed by atoms with van der Waals surface area (Å²) in [6.45, 7) is 4.24. The fraction of sp³-hybridized carbons (Fsp3) is 0.818. The van der Waals surface area contributed by atoms with E-state index in [1.807, 2.05) is 6.92 Å². The summed E-state index contributed by atoms with van der Waals surface area (Å²) in [6, 6.07) is 0. The van der Waals surface area contributed by atoms with Gasteiger partial charge in [-0.1, -0.05) is 39.5 Å². The Morgan fingerprint density at radius 1 is 1.00 bits per heavy atom. The summed E-state index contributed by atoms with van der Waals surface area (Å²) < 4.78 is 0. The van der Waals surface area contributed by atoms with Gasteiger partial charge in [0.15, 0.2) is 0 Å². The van der Waals surface area contributed by atoms with Gasteiger partial charge in [0.1, 0.15) is 0 Å². The number of carboxylic acids is 2. The lowest BCUT2D eigenvalue weighted by Crippen LogP contribution is -2.09. The van der Waals surface area contributed by atoms with Crippen molar-refractivity contribution >= 4 is 11.9 Å². The Morgan fingerprint density at radius 3 is 1.81 bits per heavy atom. The molecule has 0 radical (unpaired) electrons. The zero-order valence-electron chi connectivity index (χ0n) is 9.98. The fourth-order valence-electron chi connectivity index (χ4n) is 1.01. The molecule has 16 heavy (non-hydrogen) atoms. The van der Waals surface area contributed by atoms with E-state index >= 15 is 0 Å². The van der Waals surface area contributed by atoms with Crippen molar-refractivity contribution in [1.82, 2.24) is 0 Å². The van der Waals surface area contributed by atoms with Crippen molar-refractivity contribution in [3.05, 3.63) is 0 Å². The maximum absolute atomic E-state index is 9.16. The van der Waals surface area contributed by atoms with E-state index in [9.17, 15) is 0 Å². The van der Waals surface area contributed by atoms with Crippen molar-refractivity contribution in [2.45, 2.75) is 58.5 Å². The van der Waals surface area contributed by atoms with Gasteiger partial charge in [0.2, 0.25) is 0 Å². The highest BCUT2D eigenvalue weighted by Gasteiger charge is 2.04. The van der Waals surface area contributed by atoms with Crippen LogP contribution >= 0.6 is 0 Å². The number of rotatable bonds is 6. The third-order valence-corrected chi connectivity index (χ3v) is 2.05. The predicted octanol–water partition coefficient (Wildman–Crippen LogP) is 1.88. The lowest BCUT2D eigenvalue weighted by atomic mass is 10.1. The number of unbranched alkanes of at least 4 members (excludes halogenated alkanes) is 3. The molecule has 5 heteroatoms. The molecule has 0 heterocycles. The van der Waals surface area contributed by atoms with Crippen LogP contribution in [0.5, 0.6) is 0 Å². The third-order valence-electron chi connectivity index (χ3n) is 2.05. The van der Waals surface area contributed by atoms with Crippen molar-refractivity contribution in [2.24, 2.45) is 0 Å². The third kappa shape index (κ3) is 15.4. The van der Waals surface area contributed by atoms with Gasteiger partial charge in [-0.3, -0.25) is 0 Å². The lowest BCUT2D eigenvalue weighted by molar-refractivity contribution is -0.159. The molecule has 0 bridgehead atoms. The van der Waals surface area contributed by atoms with Crippen LogP contribution in [0.25, 0.3) is 0 Å². The van der Waals surface area contributed by atoms with Crippen LogP contribution in [0.3, 0.4) is 0 Å². The SMILES string of the molecule is CCCCCCC(O)CC.O=C(O)C(=O)O. The van der Waals surface area contributed by atoms with E-state index in [-0.39, 0.29) is 6.10 Å².